The normalized spacial score (nSPS) is 12.3. The number of hydrogen-bond donors (Lipinski definition) is 0. The van der Waals surface area contributed by atoms with Crippen LogP contribution in [0.1, 0.15) is 22.8 Å². The number of fused-ring (bicyclic) bond motifs is 1. The zero-order chi connectivity index (χ0) is 23.8. The first kappa shape index (κ1) is 23.2. The molecule has 0 atom stereocenters. The number of sulfonamides is 1. The molecule has 170 valence electrons. The number of benzene rings is 3. The molecule has 0 unspecified atom stereocenters. The third-order valence-corrected chi connectivity index (χ3v) is 8.79. The lowest BCUT2D eigenvalue weighted by atomic mass is 10.2. The quantitative estimate of drug-likeness (QED) is 0.381. The molecular weight excluding hydrogens is 478 g/mol. The fourth-order valence-corrected chi connectivity index (χ4v) is 6.35. The second-order valence-electron chi connectivity index (χ2n) is 7.41. The fraction of sp³-hybridized carbons (Fsp3) is 0.167. The van der Waals surface area contributed by atoms with Crippen LogP contribution in [0.5, 0.6) is 0 Å². The number of anilines is 1. The van der Waals surface area contributed by atoms with Crippen molar-refractivity contribution < 1.29 is 13.2 Å². The fourth-order valence-electron chi connectivity index (χ4n) is 3.64. The van der Waals surface area contributed by atoms with Crippen molar-refractivity contribution >= 4 is 54.8 Å². The number of carbonyl (C=O) groups is 1. The highest BCUT2D eigenvalue weighted by atomic mass is 35.5. The van der Waals surface area contributed by atoms with Crippen molar-refractivity contribution in [2.45, 2.75) is 18.7 Å². The molecule has 33 heavy (non-hydrogen) atoms. The van der Waals surface area contributed by atoms with Gasteiger partial charge in [0.15, 0.2) is 4.80 Å². The Morgan fingerprint density at radius 2 is 1.73 bits per heavy atom. The molecule has 6 nitrogen and oxygen atoms in total. The van der Waals surface area contributed by atoms with Gasteiger partial charge in [-0.15, -0.1) is 0 Å². The van der Waals surface area contributed by atoms with E-state index in [0.29, 0.717) is 21.1 Å². The van der Waals surface area contributed by atoms with Gasteiger partial charge in [-0.25, -0.2) is 8.42 Å². The molecule has 0 aliphatic rings. The van der Waals surface area contributed by atoms with Crippen molar-refractivity contribution in [3.63, 3.8) is 0 Å². The van der Waals surface area contributed by atoms with E-state index in [1.54, 1.807) is 31.2 Å². The van der Waals surface area contributed by atoms with E-state index in [1.165, 1.54) is 39.9 Å². The molecule has 1 amide bonds. The predicted molar refractivity (Wildman–Crippen MR) is 134 cm³/mol. The van der Waals surface area contributed by atoms with E-state index < -0.39 is 15.9 Å². The highest BCUT2D eigenvalue weighted by molar-refractivity contribution is 7.92. The van der Waals surface area contributed by atoms with Crippen LogP contribution in [-0.4, -0.2) is 25.4 Å². The Hall–Kier alpha value is -2.94. The molecule has 9 heteroatoms. The van der Waals surface area contributed by atoms with Crippen LogP contribution >= 0.6 is 22.9 Å². The molecule has 0 fully saturated rings. The summed E-state index contributed by atoms with van der Waals surface area (Å²) in [6, 6.07) is 18.5. The minimum absolute atomic E-state index is 0.113. The summed E-state index contributed by atoms with van der Waals surface area (Å²) in [6.07, 6.45) is 0. The van der Waals surface area contributed by atoms with Crippen LogP contribution in [0.2, 0.25) is 5.02 Å². The van der Waals surface area contributed by atoms with E-state index in [4.69, 9.17) is 11.6 Å². The van der Waals surface area contributed by atoms with Crippen molar-refractivity contribution in [2.24, 2.45) is 12.0 Å². The van der Waals surface area contributed by atoms with Crippen LogP contribution in [0.15, 0.2) is 76.6 Å². The molecule has 0 saturated carbocycles. The van der Waals surface area contributed by atoms with Crippen molar-refractivity contribution in [3.8, 4) is 0 Å². The maximum absolute atomic E-state index is 13.1. The Morgan fingerprint density at radius 1 is 1.06 bits per heavy atom. The average molecular weight is 500 g/mol. The lowest BCUT2D eigenvalue weighted by molar-refractivity contribution is 0.0998. The van der Waals surface area contributed by atoms with Gasteiger partial charge >= 0.3 is 0 Å². The summed E-state index contributed by atoms with van der Waals surface area (Å²) < 4.78 is 30.4. The zero-order valence-electron chi connectivity index (χ0n) is 18.3. The van der Waals surface area contributed by atoms with Gasteiger partial charge in [-0.2, -0.15) is 4.99 Å². The Bertz CT molecular complexity index is 1510. The van der Waals surface area contributed by atoms with Gasteiger partial charge in [0.2, 0.25) is 0 Å². The smallest absolute Gasteiger partial charge is 0.279 e. The SMILES string of the molecule is CCN(c1ccccc1)S(=O)(=O)c1ccc(C(=O)N=c2sc3ccc(Cl)c(C)c3n2C)cc1. The van der Waals surface area contributed by atoms with Gasteiger partial charge in [0.1, 0.15) is 0 Å². The van der Waals surface area contributed by atoms with Gasteiger partial charge in [0.05, 0.1) is 20.8 Å². The molecule has 0 aliphatic heterocycles. The number of rotatable bonds is 5. The molecule has 0 N–H and O–H groups in total. The molecular formula is C24H22ClN3O3S2. The van der Waals surface area contributed by atoms with Gasteiger partial charge in [0, 0.05) is 24.2 Å². The van der Waals surface area contributed by atoms with Crippen LogP contribution in [0.25, 0.3) is 10.2 Å². The molecule has 4 aromatic rings. The number of thiazole rings is 1. The first-order valence-corrected chi connectivity index (χ1v) is 12.9. The Morgan fingerprint density at radius 3 is 2.36 bits per heavy atom. The Labute approximate surface area is 201 Å². The van der Waals surface area contributed by atoms with Crippen molar-refractivity contribution in [1.29, 1.82) is 0 Å². The van der Waals surface area contributed by atoms with E-state index in [1.807, 2.05) is 36.7 Å². The van der Waals surface area contributed by atoms with Gasteiger partial charge < -0.3 is 4.57 Å². The predicted octanol–water partition coefficient (Wildman–Crippen LogP) is 5.16. The van der Waals surface area contributed by atoms with E-state index >= 15 is 0 Å². The van der Waals surface area contributed by atoms with Crippen molar-refractivity contribution in [1.82, 2.24) is 4.57 Å². The summed E-state index contributed by atoms with van der Waals surface area (Å²) in [6.45, 7) is 3.99. The summed E-state index contributed by atoms with van der Waals surface area (Å²) in [5, 5.41) is 0.655. The van der Waals surface area contributed by atoms with Gasteiger partial charge in [-0.3, -0.25) is 9.10 Å². The van der Waals surface area contributed by atoms with E-state index in [0.717, 1.165) is 15.8 Å². The van der Waals surface area contributed by atoms with Crippen molar-refractivity contribution in [2.75, 3.05) is 10.8 Å². The number of amides is 1. The number of aryl methyl sites for hydroxylation is 2. The number of nitrogens with zero attached hydrogens (tertiary/aromatic N) is 3. The number of carbonyl (C=O) groups excluding carboxylic acids is 1. The standard InChI is InChI=1S/C24H22ClN3O3S2/c1-4-28(18-8-6-5-7-9-18)33(30,31)19-12-10-17(11-13-19)23(29)26-24-27(3)22-16(2)20(25)14-15-21(22)32-24/h5-15H,4H2,1-3H3. The van der Waals surface area contributed by atoms with E-state index in [2.05, 4.69) is 4.99 Å². The topological polar surface area (TPSA) is 71.7 Å². The second kappa shape index (κ2) is 9.13. The monoisotopic (exact) mass is 499 g/mol. The van der Waals surface area contributed by atoms with Gasteiger partial charge in [0.25, 0.3) is 15.9 Å². The first-order valence-electron chi connectivity index (χ1n) is 10.3. The number of aromatic nitrogens is 1. The summed E-state index contributed by atoms with van der Waals surface area (Å²) >= 11 is 7.63. The molecule has 0 radical (unpaired) electrons. The summed E-state index contributed by atoms with van der Waals surface area (Å²) in [5.41, 5.74) is 2.75. The lowest BCUT2D eigenvalue weighted by Crippen LogP contribution is -2.30. The van der Waals surface area contributed by atoms with Gasteiger partial charge in [-0.05, 0) is 67.9 Å². The summed E-state index contributed by atoms with van der Waals surface area (Å²) in [7, 11) is -1.92. The Balaban J connectivity index is 1.66. The third kappa shape index (κ3) is 4.34. The zero-order valence-corrected chi connectivity index (χ0v) is 20.7. The minimum atomic E-state index is -3.76. The number of hydrogen-bond acceptors (Lipinski definition) is 4. The summed E-state index contributed by atoms with van der Waals surface area (Å²) in [5.74, 6) is -0.444. The van der Waals surface area contributed by atoms with E-state index in [9.17, 15) is 13.2 Å². The highest BCUT2D eigenvalue weighted by Crippen LogP contribution is 2.27. The van der Waals surface area contributed by atoms with Gasteiger partial charge in [-0.1, -0.05) is 41.1 Å². The Kier molecular flexibility index (Phi) is 6.43. The largest absolute Gasteiger partial charge is 0.319 e. The molecule has 1 aromatic heterocycles. The molecule has 0 saturated heterocycles. The van der Waals surface area contributed by atoms with Crippen molar-refractivity contribution in [3.05, 3.63) is 87.7 Å². The van der Waals surface area contributed by atoms with Crippen LogP contribution in [-0.2, 0) is 17.1 Å². The maximum Gasteiger partial charge on any atom is 0.279 e. The second-order valence-corrected chi connectivity index (χ2v) is 10.7. The maximum atomic E-state index is 13.1. The molecule has 4 rings (SSSR count). The van der Waals surface area contributed by atoms with Crippen LogP contribution < -0.4 is 9.11 Å². The molecule has 1 heterocycles. The summed E-state index contributed by atoms with van der Waals surface area (Å²) in [4.78, 5) is 17.7. The van der Waals surface area contributed by atoms with Crippen LogP contribution in [0.3, 0.4) is 0 Å². The van der Waals surface area contributed by atoms with Crippen LogP contribution in [0, 0.1) is 6.92 Å². The highest BCUT2D eigenvalue weighted by Gasteiger charge is 2.23. The first-order chi connectivity index (χ1) is 15.7. The third-order valence-electron chi connectivity index (χ3n) is 5.37. The number of halogens is 1. The van der Waals surface area contributed by atoms with Crippen LogP contribution in [0.4, 0.5) is 5.69 Å². The average Bonchev–Trinajstić information content (AvgIpc) is 3.13. The van der Waals surface area contributed by atoms with E-state index in [-0.39, 0.29) is 11.4 Å². The molecule has 3 aromatic carbocycles. The minimum Gasteiger partial charge on any atom is -0.319 e. The molecule has 0 aliphatic carbocycles. The molecule has 0 bridgehead atoms. The molecule has 0 spiro atoms. The number of para-hydroxylation sites is 1. The lowest BCUT2D eigenvalue weighted by Gasteiger charge is -2.22.